The van der Waals surface area contributed by atoms with Gasteiger partial charge >= 0.3 is 0 Å². The van der Waals surface area contributed by atoms with E-state index >= 15 is 0 Å². The van der Waals surface area contributed by atoms with E-state index in [4.69, 9.17) is 4.74 Å². The molecule has 0 bridgehead atoms. The summed E-state index contributed by atoms with van der Waals surface area (Å²) >= 11 is 0. The first kappa shape index (κ1) is 19.0. The summed E-state index contributed by atoms with van der Waals surface area (Å²) in [6.45, 7) is 1.80. The molecule has 0 saturated heterocycles. The number of carbonyl (C=O) groups is 2. The largest absolute Gasteiger partial charge is 0.493 e. The van der Waals surface area contributed by atoms with Crippen LogP contribution < -0.4 is 15.4 Å². The highest BCUT2D eigenvalue weighted by Crippen LogP contribution is 2.16. The third-order valence-electron chi connectivity index (χ3n) is 3.84. The second-order valence-corrected chi connectivity index (χ2v) is 6.02. The number of benzene rings is 2. The van der Waals surface area contributed by atoms with Crippen LogP contribution in [0.15, 0.2) is 66.7 Å². The van der Waals surface area contributed by atoms with Crippen LogP contribution in [-0.2, 0) is 4.79 Å². The molecule has 7 heteroatoms. The quantitative estimate of drug-likeness (QED) is 0.581. The predicted molar refractivity (Wildman–Crippen MR) is 107 cm³/mol. The molecule has 0 saturated carbocycles. The molecule has 3 aromatic rings. The van der Waals surface area contributed by atoms with Gasteiger partial charge in [-0.15, -0.1) is 10.2 Å². The van der Waals surface area contributed by atoms with E-state index in [2.05, 4.69) is 20.8 Å². The van der Waals surface area contributed by atoms with Gasteiger partial charge in [0.25, 0.3) is 0 Å². The van der Waals surface area contributed by atoms with Crippen LogP contribution >= 0.6 is 0 Å². The normalized spacial score (nSPS) is 10.2. The molecule has 1 heterocycles. The standard InChI is InChI=1S/C21H20N4O3/c1-15(26)16-7-9-17(10-8-16)22-19-11-12-20(25-24-19)23-21(27)13-14-28-18-5-3-2-4-6-18/h2-12H,13-14H2,1H3,(H,22,24)(H,23,25,27). The molecular weight excluding hydrogens is 356 g/mol. The molecule has 0 unspecified atom stereocenters. The maximum absolute atomic E-state index is 12.0. The van der Waals surface area contributed by atoms with E-state index in [9.17, 15) is 9.59 Å². The van der Waals surface area contributed by atoms with Crippen LogP contribution in [0, 0.1) is 0 Å². The lowest BCUT2D eigenvalue weighted by molar-refractivity contribution is -0.116. The highest BCUT2D eigenvalue weighted by Gasteiger charge is 2.06. The number of ketones is 1. The lowest BCUT2D eigenvalue weighted by Crippen LogP contribution is -2.16. The van der Waals surface area contributed by atoms with Gasteiger partial charge in [0.1, 0.15) is 5.75 Å². The Morgan fingerprint density at radius 2 is 1.57 bits per heavy atom. The molecule has 0 aliphatic heterocycles. The molecule has 0 aliphatic rings. The molecule has 0 spiro atoms. The fourth-order valence-corrected chi connectivity index (χ4v) is 2.39. The number of Topliss-reactive ketones (excluding diaryl/α,β-unsaturated/α-hetero) is 1. The number of carbonyl (C=O) groups excluding carboxylic acids is 2. The Bertz CT molecular complexity index is 926. The SMILES string of the molecule is CC(=O)c1ccc(Nc2ccc(NC(=O)CCOc3ccccc3)nn2)cc1. The summed E-state index contributed by atoms with van der Waals surface area (Å²) in [6, 6.07) is 19.8. The minimum atomic E-state index is -0.203. The zero-order chi connectivity index (χ0) is 19.8. The molecule has 7 nitrogen and oxygen atoms in total. The van der Waals surface area contributed by atoms with E-state index in [1.54, 1.807) is 36.4 Å². The van der Waals surface area contributed by atoms with Crippen LogP contribution in [0.4, 0.5) is 17.3 Å². The number of anilines is 3. The first-order valence-electron chi connectivity index (χ1n) is 8.79. The lowest BCUT2D eigenvalue weighted by Gasteiger charge is -2.08. The molecule has 2 N–H and O–H groups in total. The fourth-order valence-electron chi connectivity index (χ4n) is 2.39. The van der Waals surface area contributed by atoms with E-state index in [-0.39, 0.29) is 24.7 Å². The number of rotatable bonds is 8. The van der Waals surface area contributed by atoms with Crippen molar-refractivity contribution in [2.45, 2.75) is 13.3 Å². The van der Waals surface area contributed by atoms with Gasteiger partial charge < -0.3 is 15.4 Å². The van der Waals surface area contributed by atoms with Crippen LogP contribution in [0.5, 0.6) is 5.75 Å². The monoisotopic (exact) mass is 376 g/mol. The Hall–Kier alpha value is -3.74. The van der Waals surface area contributed by atoms with Crippen LogP contribution in [-0.4, -0.2) is 28.5 Å². The number of aromatic nitrogens is 2. The minimum Gasteiger partial charge on any atom is -0.493 e. The average molecular weight is 376 g/mol. The molecule has 28 heavy (non-hydrogen) atoms. The predicted octanol–water partition coefficient (Wildman–Crippen LogP) is 3.83. The van der Waals surface area contributed by atoms with Gasteiger partial charge in [-0.3, -0.25) is 9.59 Å². The van der Waals surface area contributed by atoms with Gasteiger partial charge in [0.05, 0.1) is 13.0 Å². The van der Waals surface area contributed by atoms with Crippen molar-refractivity contribution in [3.63, 3.8) is 0 Å². The molecular formula is C21H20N4O3. The summed E-state index contributed by atoms with van der Waals surface area (Å²) in [5, 5.41) is 13.8. The van der Waals surface area contributed by atoms with E-state index in [1.807, 2.05) is 30.3 Å². The second kappa shape index (κ2) is 9.27. The van der Waals surface area contributed by atoms with E-state index in [0.717, 1.165) is 11.4 Å². The lowest BCUT2D eigenvalue weighted by atomic mass is 10.1. The van der Waals surface area contributed by atoms with E-state index in [1.165, 1.54) is 6.92 Å². The zero-order valence-electron chi connectivity index (χ0n) is 15.4. The van der Waals surface area contributed by atoms with Gasteiger partial charge in [0.2, 0.25) is 5.91 Å². The summed E-state index contributed by atoms with van der Waals surface area (Å²) in [5.74, 6) is 1.43. The zero-order valence-corrected chi connectivity index (χ0v) is 15.4. The Labute approximate surface area is 162 Å². The number of hydrogen-bond acceptors (Lipinski definition) is 6. The van der Waals surface area contributed by atoms with Crippen molar-refractivity contribution in [1.29, 1.82) is 0 Å². The van der Waals surface area contributed by atoms with Gasteiger partial charge in [-0.05, 0) is 55.5 Å². The highest BCUT2D eigenvalue weighted by molar-refractivity contribution is 5.94. The highest BCUT2D eigenvalue weighted by atomic mass is 16.5. The number of ether oxygens (including phenoxy) is 1. The average Bonchev–Trinajstić information content (AvgIpc) is 2.71. The van der Waals surface area contributed by atoms with Gasteiger partial charge in [-0.2, -0.15) is 0 Å². The maximum atomic E-state index is 12.0. The van der Waals surface area contributed by atoms with Gasteiger partial charge in [-0.1, -0.05) is 18.2 Å². The molecule has 0 fully saturated rings. The third-order valence-corrected chi connectivity index (χ3v) is 3.84. The van der Waals surface area contributed by atoms with Crippen molar-refractivity contribution in [3.05, 3.63) is 72.3 Å². The van der Waals surface area contributed by atoms with Crippen molar-refractivity contribution >= 4 is 29.0 Å². The summed E-state index contributed by atoms with van der Waals surface area (Å²) in [4.78, 5) is 23.3. The van der Waals surface area contributed by atoms with Gasteiger partial charge in [0, 0.05) is 11.3 Å². The maximum Gasteiger partial charge on any atom is 0.229 e. The van der Waals surface area contributed by atoms with Crippen molar-refractivity contribution in [2.24, 2.45) is 0 Å². The summed E-state index contributed by atoms with van der Waals surface area (Å²) in [7, 11) is 0. The van der Waals surface area contributed by atoms with Crippen LogP contribution in [0.1, 0.15) is 23.7 Å². The molecule has 2 aromatic carbocycles. The third kappa shape index (κ3) is 5.63. The smallest absolute Gasteiger partial charge is 0.229 e. The molecule has 3 rings (SSSR count). The second-order valence-electron chi connectivity index (χ2n) is 6.02. The Morgan fingerprint density at radius 3 is 2.21 bits per heavy atom. The number of nitrogens with one attached hydrogen (secondary N) is 2. The van der Waals surface area contributed by atoms with Crippen LogP contribution in [0.3, 0.4) is 0 Å². The molecule has 0 radical (unpaired) electrons. The van der Waals surface area contributed by atoms with Crippen molar-refractivity contribution in [3.8, 4) is 5.75 Å². The van der Waals surface area contributed by atoms with Crippen molar-refractivity contribution in [1.82, 2.24) is 10.2 Å². The van der Waals surface area contributed by atoms with Gasteiger partial charge in [-0.25, -0.2) is 0 Å². The Morgan fingerprint density at radius 1 is 0.893 bits per heavy atom. The van der Waals surface area contributed by atoms with E-state index in [0.29, 0.717) is 17.2 Å². The number of hydrogen-bond donors (Lipinski definition) is 2. The Kier molecular flexibility index (Phi) is 6.30. The van der Waals surface area contributed by atoms with E-state index < -0.39 is 0 Å². The first-order valence-corrected chi connectivity index (χ1v) is 8.79. The number of amides is 1. The first-order chi connectivity index (χ1) is 13.6. The number of nitrogens with zero attached hydrogens (tertiary/aromatic N) is 2. The molecule has 1 aromatic heterocycles. The Balaban J connectivity index is 1.47. The topological polar surface area (TPSA) is 93.2 Å². The molecule has 142 valence electrons. The van der Waals surface area contributed by atoms with Crippen LogP contribution in [0.25, 0.3) is 0 Å². The number of para-hydroxylation sites is 1. The molecule has 1 amide bonds. The molecule has 0 aliphatic carbocycles. The fraction of sp³-hybridized carbons (Fsp3) is 0.143. The molecule has 0 atom stereocenters. The van der Waals surface area contributed by atoms with Gasteiger partial charge in [0.15, 0.2) is 17.4 Å². The summed E-state index contributed by atoms with van der Waals surface area (Å²) in [6.07, 6.45) is 0.207. The minimum absolute atomic E-state index is 0.0144. The van der Waals surface area contributed by atoms with Crippen molar-refractivity contribution < 1.29 is 14.3 Å². The van der Waals surface area contributed by atoms with Crippen LogP contribution in [0.2, 0.25) is 0 Å². The van der Waals surface area contributed by atoms with Crippen molar-refractivity contribution in [2.75, 3.05) is 17.2 Å². The summed E-state index contributed by atoms with van der Waals surface area (Å²) in [5.41, 5.74) is 1.43. The summed E-state index contributed by atoms with van der Waals surface area (Å²) < 4.78 is 5.50.